The van der Waals surface area contributed by atoms with Crippen LogP contribution in [-0.2, 0) is 11.3 Å². The van der Waals surface area contributed by atoms with Gasteiger partial charge in [-0.05, 0) is 31.0 Å². The van der Waals surface area contributed by atoms with Gasteiger partial charge in [0.1, 0.15) is 0 Å². The number of halogens is 2. The largest absolute Gasteiger partial charge is 0.347 e. The lowest BCUT2D eigenvalue weighted by molar-refractivity contribution is -0.121. The van der Waals surface area contributed by atoms with Crippen molar-refractivity contribution in [2.75, 3.05) is 0 Å². The highest BCUT2D eigenvalue weighted by Crippen LogP contribution is 2.28. The highest BCUT2D eigenvalue weighted by atomic mass is 35.5. The molecule has 3 N–H and O–H groups in total. The first-order valence-corrected chi connectivity index (χ1v) is 6.80. The van der Waals surface area contributed by atoms with E-state index in [1.54, 1.807) is 6.07 Å². The van der Waals surface area contributed by atoms with Gasteiger partial charge in [-0.2, -0.15) is 0 Å². The predicted octanol–water partition coefficient (Wildman–Crippen LogP) is 3.11. The van der Waals surface area contributed by atoms with Crippen LogP contribution in [0.1, 0.15) is 19.3 Å². The number of rotatable bonds is 5. The van der Waals surface area contributed by atoms with Gasteiger partial charge in [-0.15, -0.1) is 0 Å². The summed E-state index contributed by atoms with van der Waals surface area (Å²) in [6.45, 7) is 0.817. The monoisotopic (exact) mass is 299 g/mol. The number of carbonyl (C=O) groups is 1. The number of hydrogen-bond acceptors (Lipinski definition) is 2. The van der Waals surface area contributed by atoms with E-state index in [2.05, 4.69) is 9.99 Å². The minimum atomic E-state index is -0.136. The molecule has 2 rings (SSSR count). The van der Waals surface area contributed by atoms with E-state index >= 15 is 0 Å². The van der Waals surface area contributed by atoms with Gasteiger partial charge in [0.25, 0.3) is 0 Å². The Hall–Kier alpha value is -1.23. The van der Waals surface area contributed by atoms with E-state index in [4.69, 9.17) is 29.0 Å². The smallest absolute Gasteiger partial charge is 0.233 e. The number of carbonyl (C=O) groups excluding carboxylic acids is 1. The molecule has 102 valence electrons. The Kier molecular flexibility index (Phi) is 4.69. The average Bonchev–Trinajstić information content (AvgIpc) is 2.77. The first kappa shape index (κ1) is 14.2. The number of hydrogen-bond donors (Lipinski definition) is 2. The molecule has 0 aliphatic heterocycles. The van der Waals surface area contributed by atoms with Crippen LogP contribution in [0.4, 0.5) is 0 Å². The Morgan fingerprint density at radius 1 is 1.32 bits per heavy atom. The summed E-state index contributed by atoms with van der Waals surface area (Å²) >= 11 is 12.1. The van der Waals surface area contributed by atoms with E-state index in [0.29, 0.717) is 16.5 Å². The summed E-state index contributed by atoms with van der Waals surface area (Å²) in [5.41, 5.74) is 3.14. The van der Waals surface area contributed by atoms with Crippen LogP contribution >= 0.6 is 23.2 Å². The molecule has 6 heteroatoms. The molecule has 19 heavy (non-hydrogen) atoms. The van der Waals surface area contributed by atoms with Gasteiger partial charge in [-0.3, -0.25) is 10.2 Å². The lowest BCUT2D eigenvalue weighted by Gasteiger charge is -2.06. The second kappa shape index (κ2) is 6.28. The Labute approximate surface area is 121 Å². The number of unbranched alkanes of at least 4 members (excludes halogenated alkanes) is 1. The van der Waals surface area contributed by atoms with Crippen molar-refractivity contribution in [3.8, 4) is 0 Å². The summed E-state index contributed by atoms with van der Waals surface area (Å²) in [6.07, 6.45) is 4.10. The fourth-order valence-electron chi connectivity index (χ4n) is 2.05. The number of aryl methyl sites for hydroxylation is 1. The standard InChI is InChI=1S/C13H15Cl2N3O/c14-9-7-11(15)10-4-6-18(12(10)8-9)5-2-1-3-13(19)17-16/h4,6-8H,1-3,5,16H2,(H,17,19). The number of amides is 1. The van der Waals surface area contributed by atoms with Gasteiger partial charge >= 0.3 is 0 Å². The van der Waals surface area contributed by atoms with Crippen LogP contribution in [0.3, 0.4) is 0 Å². The molecular formula is C13H15Cl2N3O. The molecule has 0 aliphatic rings. The number of nitrogens with two attached hydrogens (primary N) is 1. The van der Waals surface area contributed by atoms with Gasteiger partial charge in [0, 0.05) is 29.6 Å². The van der Waals surface area contributed by atoms with Crippen LogP contribution in [0.15, 0.2) is 24.4 Å². The molecule has 0 unspecified atom stereocenters. The molecule has 0 atom stereocenters. The van der Waals surface area contributed by atoms with Crippen molar-refractivity contribution in [2.24, 2.45) is 5.84 Å². The van der Waals surface area contributed by atoms with Crippen LogP contribution < -0.4 is 11.3 Å². The Morgan fingerprint density at radius 2 is 2.11 bits per heavy atom. The second-order valence-corrected chi connectivity index (χ2v) is 5.20. The number of nitrogens with zero attached hydrogens (tertiary/aromatic N) is 1. The van der Waals surface area contributed by atoms with Gasteiger partial charge in [0.05, 0.1) is 10.5 Å². The quantitative estimate of drug-likeness (QED) is 0.386. The summed E-state index contributed by atoms with van der Waals surface area (Å²) in [4.78, 5) is 11.0. The molecule has 2 aromatic rings. The van der Waals surface area contributed by atoms with E-state index in [9.17, 15) is 4.79 Å². The van der Waals surface area contributed by atoms with Crippen LogP contribution in [0.2, 0.25) is 10.0 Å². The van der Waals surface area contributed by atoms with Gasteiger partial charge < -0.3 is 4.57 Å². The lowest BCUT2D eigenvalue weighted by Crippen LogP contribution is -2.29. The van der Waals surface area contributed by atoms with Crippen molar-refractivity contribution in [1.82, 2.24) is 9.99 Å². The molecule has 0 saturated carbocycles. The molecule has 1 aromatic heterocycles. The Morgan fingerprint density at radius 3 is 2.84 bits per heavy atom. The SMILES string of the molecule is NNC(=O)CCCCn1ccc2c(Cl)cc(Cl)cc21. The summed E-state index contributed by atoms with van der Waals surface area (Å²) in [6, 6.07) is 5.61. The molecule has 0 spiro atoms. The summed E-state index contributed by atoms with van der Waals surface area (Å²) < 4.78 is 2.09. The molecule has 0 fully saturated rings. The second-order valence-electron chi connectivity index (χ2n) is 4.35. The molecule has 1 aromatic carbocycles. The summed E-state index contributed by atoms with van der Waals surface area (Å²) in [5, 5.41) is 2.27. The normalized spacial score (nSPS) is 10.9. The molecule has 0 aliphatic carbocycles. The van der Waals surface area contributed by atoms with Crippen molar-refractivity contribution in [3.05, 3.63) is 34.4 Å². The zero-order valence-corrected chi connectivity index (χ0v) is 11.8. The fraction of sp³-hybridized carbons (Fsp3) is 0.308. The highest BCUT2D eigenvalue weighted by molar-refractivity contribution is 6.38. The highest BCUT2D eigenvalue weighted by Gasteiger charge is 2.06. The van der Waals surface area contributed by atoms with E-state index in [0.717, 1.165) is 30.3 Å². The van der Waals surface area contributed by atoms with Crippen LogP contribution in [-0.4, -0.2) is 10.5 Å². The Bertz CT molecular complexity index is 595. The molecule has 0 bridgehead atoms. The zero-order chi connectivity index (χ0) is 13.8. The maximum atomic E-state index is 11.0. The minimum Gasteiger partial charge on any atom is -0.347 e. The molecular weight excluding hydrogens is 285 g/mol. The number of benzene rings is 1. The van der Waals surface area contributed by atoms with Crippen molar-refractivity contribution < 1.29 is 4.79 Å². The summed E-state index contributed by atoms with van der Waals surface area (Å²) in [7, 11) is 0. The number of aromatic nitrogens is 1. The predicted molar refractivity (Wildman–Crippen MR) is 78.1 cm³/mol. The van der Waals surface area contributed by atoms with Gasteiger partial charge in [0.2, 0.25) is 5.91 Å². The van der Waals surface area contributed by atoms with E-state index in [1.165, 1.54) is 0 Å². The topological polar surface area (TPSA) is 60.0 Å². The number of nitrogens with one attached hydrogen (secondary N) is 1. The van der Waals surface area contributed by atoms with Crippen LogP contribution in [0, 0.1) is 0 Å². The first-order valence-electron chi connectivity index (χ1n) is 6.05. The third-order valence-corrected chi connectivity index (χ3v) is 3.55. The van der Waals surface area contributed by atoms with E-state index in [-0.39, 0.29) is 5.91 Å². The molecule has 1 heterocycles. The van der Waals surface area contributed by atoms with Crippen molar-refractivity contribution >= 4 is 40.0 Å². The van der Waals surface area contributed by atoms with Gasteiger partial charge in [-0.25, -0.2) is 5.84 Å². The Balaban J connectivity index is 2.03. The van der Waals surface area contributed by atoms with Gasteiger partial charge in [0.15, 0.2) is 0 Å². The zero-order valence-electron chi connectivity index (χ0n) is 10.3. The fourth-order valence-corrected chi connectivity index (χ4v) is 2.60. The number of hydrazine groups is 1. The van der Waals surface area contributed by atoms with Crippen LogP contribution in [0.25, 0.3) is 10.9 Å². The van der Waals surface area contributed by atoms with E-state index < -0.39 is 0 Å². The average molecular weight is 300 g/mol. The maximum absolute atomic E-state index is 11.0. The molecule has 0 saturated heterocycles. The maximum Gasteiger partial charge on any atom is 0.233 e. The molecule has 4 nitrogen and oxygen atoms in total. The summed E-state index contributed by atoms with van der Waals surface area (Å²) in [5.74, 6) is 4.89. The van der Waals surface area contributed by atoms with Crippen LogP contribution in [0.5, 0.6) is 0 Å². The van der Waals surface area contributed by atoms with E-state index in [1.807, 2.05) is 18.3 Å². The van der Waals surface area contributed by atoms with Gasteiger partial charge in [-0.1, -0.05) is 23.2 Å². The lowest BCUT2D eigenvalue weighted by atomic mass is 10.2. The third kappa shape index (κ3) is 3.41. The number of fused-ring (bicyclic) bond motifs is 1. The molecule has 1 amide bonds. The van der Waals surface area contributed by atoms with Crippen molar-refractivity contribution in [2.45, 2.75) is 25.8 Å². The third-order valence-electron chi connectivity index (χ3n) is 3.02. The molecule has 0 radical (unpaired) electrons. The van der Waals surface area contributed by atoms with Crippen molar-refractivity contribution in [1.29, 1.82) is 0 Å². The first-order chi connectivity index (χ1) is 9.11. The van der Waals surface area contributed by atoms with Crippen molar-refractivity contribution in [3.63, 3.8) is 0 Å². The minimum absolute atomic E-state index is 0.136.